The Hall–Kier alpha value is -0.810. The fourth-order valence-electron chi connectivity index (χ4n) is 2.20. The Kier molecular flexibility index (Phi) is 6.30. The van der Waals surface area contributed by atoms with Crippen LogP contribution in [0.4, 0.5) is 0 Å². The van der Waals surface area contributed by atoms with Gasteiger partial charge < -0.3 is 14.6 Å². The van der Waals surface area contributed by atoms with E-state index in [-0.39, 0.29) is 6.04 Å². The molecule has 0 radical (unpaired) electrons. The molecule has 0 aliphatic rings. The van der Waals surface area contributed by atoms with E-state index >= 15 is 0 Å². The quantitative estimate of drug-likeness (QED) is 0.779. The summed E-state index contributed by atoms with van der Waals surface area (Å²) in [7, 11) is 2.17. The summed E-state index contributed by atoms with van der Waals surface area (Å²) in [5, 5.41) is 3.58. The number of rotatable bonds is 8. The van der Waals surface area contributed by atoms with Crippen molar-refractivity contribution in [1.29, 1.82) is 0 Å². The third-order valence-electron chi connectivity index (χ3n) is 3.86. The fraction of sp³-hybridized carbons (Fsp3) is 0.500. The van der Waals surface area contributed by atoms with Crippen LogP contribution in [-0.2, 0) is 0 Å². The maximum absolute atomic E-state index is 6.06. The van der Waals surface area contributed by atoms with Crippen LogP contribution in [-0.4, -0.2) is 31.1 Å². The minimum Gasteiger partial charge on any atom is -0.467 e. The highest BCUT2D eigenvalue weighted by Crippen LogP contribution is 2.31. The maximum atomic E-state index is 6.06. The molecule has 5 heteroatoms. The smallest absolute Gasteiger partial charge is 0.126 e. The van der Waals surface area contributed by atoms with E-state index in [9.17, 15) is 0 Å². The lowest BCUT2D eigenvalue weighted by Gasteiger charge is -2.24. The number of hydrogen-bond donors (Lipinski definition) is 1. The summed E-state index contributed by atoms with van der Waals surface area (Å²) in [6.07, 6.45) is 2.88. The highest BCUT2D eigenvalue weighted by Gasteiger charge is 2.18. The van der Waals surface area contributed by atoms with Crippen LogP contribution in [0.5, 0.6) is 0 Å². The van der Waals surface area contributed by atoms with Gasteiger partial charge in [-0.25, -0.2) is 0 Å². The number of nitrogens with zero attached hydrogens (tertiary/aromatic N) is 1. The molecule has 0 saturated carbocycles. The largest absolute Gasteiger partial charge is 0.467 e. The Morgan fingerprint density at radius 1 is 1.38 bits per heavy atom. The topological polar surface area (TPSA) is 28.4 Å². The minimum atomic E-state index is 0.0721. The molecule has 0 spiro atoms. The van der Waals surface area contributed by atoms with Crippen molar-refractivity contribution in [2.45, 2.75) is 32.4 Å². The average molecular weight is 327 g/mol. The summed E-state index contributed by atoms with van der Waals surface area (Å²) in [6.45, 7) is 6.38. The Bertz CT molecular complexity index is 526. The van der Waals surface area contributed by atoms with Gasteiger partial charge in [0.25, 0.3) is 0 Å². The van der Waals surface area contributed by atoms with Gasteiger partial charge in [-0.15, -0.1) is 11.3 Å². The molecule has 2 unspecified atom stereocenters. The first-order valence-electron chi connectivity index (χ1n) is 7.34. The SMILES string of the molecule is CCC(C)N(C)CCNC(c1ccco1)c1ccc(Cl)s1. The van der Waals surface area contributed by atoms with Crippen molar-refractivity contribution in [2.24, 2.45) is 0 Å². The molecule has 0 amide bonds. The highest BCUT2D eigenvalue weighted by molar-refractivity contribution is 7.16. The zero-order valence-corrected chi connectivity index (χ0v) is 14.4. The van der Waals surface area contributed by atoms with Gasteiger partial charge in [0, 0.05) is 24.0 Å². The van der Waals surface area contributed by atoms with Gasteiger partial charge in [-0.05, 0) is 44.7 Å². The summed E-state index contributed by atoms with van der Waals surface area (Å²) >= 11 is 7.66. The van der Waals surface area contributed by atoms with E-state index in [1.807, 2.05) is 18.2 Å². The number of furan rings is 1. The van der Waals surface area contributed by atoms with Crippen molar-refractivity contribution < 1.29 is 4.42 Å². The van der Waals surface area contributed by atoms with Crippen molar-refractivity contribution in [3.05, 3.63) is 45.5 Å². The molecule has 0 bridgehead atoms. The third-order valence-corrected chi connectivity index (χ3v) is 5.16. The summed E-state index contributed by atoms with van der Waals surface area (Å²) < 4.78 is 6.38. The molecule has 21 heavy (non-hydrogen) atoms. The zero-order chi connectivity index (χ0) is 15.2. The molecule has 1 N–H and O–H groups in total. The second-order valence-electron chi connectivity index (χ2n) is 5.28. The molecule has 0 aliphatic heterocycles. The normalized spacial score (nSPS) is 14.5. The van der Waals surface area contributed by atoms with E-state index in [1.165, 1.54) is 11.3 Å². The lowest BCUT2D eigenvalue weighted by atomic mass is 10.2. The first kappa shape index (κ1) is 16.6. The molecule has 116 valence electrons. The van der Waals surface area contributed by atoms with Crippen LogP contribution in [0.15, 0.2) is 34.9 Å². The predicted octanol–water partition coefficient (Wildman–Crippen LogP) is 4.40. The second-order valence-corrected chi connectivity index (χ2v) is 7.03. The van der Waals surface area contributed by atoms with Crippen molar-refractivity contribution in [2.75, 3.05) is 20.1 Å². The van der Waals surface area contributed by atoms with Crippen LogP contribution in [0.25, 0.3) is 0 Å². The minimum absolute atomic E-state index is 0.0721. The molecule has 0 fully saturated rings. The molecular formula is C16H23ClN2OS. The number of nitrogens with one attached hydrogen (secondary N) is 1. The molecule has 0 aromatic carbocycles. The van der Waals surface area contributed by atoms with Gasteiger partial charge in [0.05, 0.1) is 10.6 Å². The summed E-state index contributed by atoms with van der Waals surface area (Å²) in [5.74, 6) is 0.930. The molecule has 2 aromatic rings. The third kappa shape index (κ3) is 4.58. The van der Waals surface area contributed by atoms with E-state index in [0.29, 0.717) is 6.04 Å². The van der Waals surface area contributed by atoms with Crippen LogP contribution in [0.3, 0.4) is 0 Å². The summed E-state index contributed by atoms with van der Waals surface area (Å²) in [6, 6.07) is 8.59. The number of likely N-dealkylation sites (N-methyl/N-ethyl adjacent to an activating group) is 1. The van der Waals surface area contributed by atoms with Gasteiger partial charge in [0.1, 0.15) is 11.8 Å². The van der Waals surface area contributed by atoms with Crippen molar-refractivity contribution >= 4 is 22.9 Å². The van der Waals surface area contributed by atoms with Crippen molar-refractivity contribution in [1.82, 2.24) is 10.2 Å². The number of halogens is 1. The molecule has 2 aromatic heterocycles. The average Bonchev–Trinajstić information content (AvgIpc) is 3.14. The van der Waals surface area contributed by atoms with Crippen molar-refractivity contribution in [3.8, 4) is 0 Å². The monoisotopic (exact) mass is 326 g/mol. The number of thiophene rings is 1. The van der Waals surface area contributed by atoms with E-state index < -0.39 is 0 Å². The van der Waals surface area contributed by atoms with Crippen LogP contribution < -0.4 is 5.32 Å². The Morgan fingerprint density at radius 2 is 2.19 bits per heavy atom. The Balaban J connectivity index is 1.98. The van der Waals surface area contributed by atoms with Gasteiger partial charge in [-0.3, -0.25) is 0 Å². The van der Waals surface area contributed by atoms with Gasteiger partial charge >= 0.3 is 0 Å². The standard InChI is InChI=1S/C16H23ClN2OS/c1-4-12(2)19(3)10-9-18-16(13-6-5-11-20-13)14-7-8-15(17)21-14/h5-8,11-12,16,18H,4,9-10H2,1-3H3. The van der Waals surface area contributed by atoms with Gasteiger partial charge in [-0.1, -0.05) is 18.5 Å². The molecule has 0 aliphatic carbocycles. The molecule has 2 atom stereocenters. The van der Waals surface area contributed by atoms with Crippen LogP contribution >= 0.6 is 22.9 Å². The lowest BCUT2D eigenvalue weighted by Crippen LogP contribution is -2.36. The van der Waals surface area contributed by atoms with Gasteiger partial charge in [0.2, 0.25) is 0 Å². The van der Waals surface area contributed by atoms with E-state index in [0.717, 1.165) is 23.2 Å². The molecule has 2 rings (SSSR count). The van der Waals surface area contributed by atoms with E-state index in [1.54, 1.807) is 17.6 Å². The first-order valence-corrected chi connectivity index (χ1v) is 8.53. The van der Waals surface area contributed by atoms with Gasteiger partial charge in [0.15, 0.2) is 0 Å². The summed E-state index contributed by atoms with van der Waals surface area (Å²) in [5.41, 5.74) is 0. The maximum Gasteiger partial charge on any atom is 0.126 e. The van der Waals surface area contributed by atoms with Gasteiger partial charge in [-0.2, -0.15) is 0 Å². The van der Waals surface area contributed by atoms with Crippen LogP contribution in [0, 0.1) is 0 Å². The van der Waals surface area contributed by atoms with Crippen molar-refractivity contribution in [3.63, 3.8) is 0 Å². The van der Waals surface area contributed by atoms with Crippen LogP contribution in [0.1, 0.15) is 36.9 Å². The highest BCUT2D eigenvalue weighted by atomic mass is 35.5. The molecule has 3 nitrogen and oxygen atoms in total. The Labute approximate surface area is 135 Å². The molecule has 0 saturated heterocycles. The van der Waals surface area contributed by atoms with Crippen LogP contribution in [0.2, 0.25) is 4.34 Å². The van der Waals surface area contributed by atoms with E-state index in [4.69, 9.17) is 16.0 Å². The lowest BCUT2D eigenvalue weighted by molar-refractivity contribution is 0.248. The summed E-state index contributed by atoms with van der Waals surface area (Å²) in [4.78, 5) is 3.55. The fourth-order valence-corrected chi connectivity index (χ4v) is 3.34. The first-order chi connectivity index (χ1) is 10.1. The molecule has 2 heterocycles. The molecular weight excluding hydrogens is 304 g/mol. The van der Waals surface area contributed by atoms with E-state index in [2.05, 4.69) is 37.2 Å². The second kappa shape index (κ2) is 7.99. The Morgan fingerprint density at radius 3 is 2.76 bits per heavy atom. The number of hydrogen-bond acceptors (Lipinski definition) is 4. The zero-order valence-electron chi connectivity index (χ0n) is 12.8. The predicted molar refractivity (Wildman–Crippen MR) is 90.3 cm³/mol.